The van der Waals surface area contributed by atoms with Crippen LogP contribution in [0.4, 0.5) is 0 Å². The van der Waals surface area contributed by atoms with E-state index in [4.69, 9.17) is 4.74 Å². The first-order chi connectivity index (χ1) is 12.2. The smallest absolute Gasteiger partial charge is 0.222 e. The van der Waals surface area contributed by atoms with E-state index in [1.807, 2.05) is 36.2 Å². The van der Waals surface area contributed by atoms with Gasteiger partial charge in [-0.05, 0) is 25.3 Å². The van der Waals surface area contributed by atoms with Gasteiger partial charge in [0.15, 0.2) is 0 Å². The molecule has 1 aromatic heterocycles. The first-order valence-electron chi connectivity index (χ1n) is 8.87. The summed E-state index contributed by atoms with van der Waals surface area (Å²) in [7, 11) is 0. The van der Waals surface area contributed by atoms with Gasteiger partial charge in [-0.2, -0.15) is 0 Å². The van der Waals surface area contributed by atoms with E-state index in [1.54, 1.807) is 6.20 Å². The van der Waals surface area contributed by atoms with Crippen molar-refractivity contribution in [3.05, 3.63) is 59.7 Å². The Balaban J connectivity index is 1.55. The number of ether oxygens (including phenoxy) is 1. The predicted octanol–water partition coefficient (Wildman–Crippen LogP) is 2.44. The summed E-state index contributed by atoms with van der Waals surface area (Å²) in [5.74, 6) is 0.467. The molecule has 1 aliphatic rings. The molecule has 0 bridgehead atoms. The van der Waals surface area contributed by atoms with Crippen LogP contribution in [-0.2, 0) is 22.4 Å². The molecule has 25 heavy (non-hydrogen) atoms. The van der Waals surface area contributed by atoms with Crippen molar-refractivity contribution in [2.45, 2.75) is 26.2 Å². The summed E-state index contributed by atoms with van der Waals surface area (Å²) in [4.78, 5) is 23.3. The minimum atomic E-state index is 0.203. The zero-order valence-electron chi connectivity index (χ0n) is 14.7. The number of hydrogen-bond acceptors (Lipinski definition) is 4. The van der Waals surface area contributed by atoms with Crippen molar-refractivity contribution in [3.8, 4) is 0 Å². The van der Waals surface area contributed by atoms with Crippen molar-refractivity contribution in [2.24, 2.45) is 5.92 Å². The third-order valence-electron chi connectivity index (χ3n) is 4.49. The number of nitrogens with zero attached hydrogens (tertiary/aromatic N) is 3. The van der Waals surface area contributed by atoms with Crippen LogP contribution in [-0.4, -0.2) is 47.1 Å². The van der Waals surface area contributed by atoms with Crippen LogP contribution in [0.2, 0.25) is 0 Å². The molecule has 5 nitrogen and oxygen atoms in total. The van der Waals surface area contributed by atoms with Crippen molar-refractivity contribution in [3.63, 3.8) is 0 Å². The van der Waals surface area contributed by atoms with E-state index in [2.05, 4.69) is 22.1 Å². The van der Waals surface area contributed by atoms with E-state index in [-0.39, 0.29) is 11.8 Å². The Morgan fingerprint density at radius 3 is 2.84 bits per heavy atom. The largest absolute Gasteiger partial charge is 0.379 e. The maximum atomic E-state index is 12.6. The lowest BCUT2D eigenvalue weighted by Gasteiger charge is -2.23. The SMILES string of the molecule is Cc1cnc(CC2COCCN(C(=O)CCc3ccccc3)C2)cn1. The molecule has 0 N–H and O–H groups in total. The summed E-state index contributed by atoms with van der Waals surface area (Å²) in [6, 6.07) is 10.2. The molecule has 132 valence electrons. The van der Waals surface area contributed by atoms with Gasteiger partial charge in [-0.1, -0.05) is 30.3 Å². The summed E-state index contributed by atoms with van der Waals surface area (Å²) >= 11 is 0. The molecule has 0 aliphatic carbocycles. The molecular weight excluding hydrogens is 314 g/mol. The lowest BCUT2D eigenvalue weighted by molar-refractivity contribution is -0.131. The van der Waals surface area contributed by atoms with Gasteiger partial charge in [-0.3, -0.25) is 14.8 Å². The molecule has 1 fully saturated rings. The van der Waals surface area contributed by atoms with E-state index in [0.29, 0.717) is 26.2 Å². The molecule has 1 unspecified atom stereocenters. The van der Waals surface area contributed by atoms with Crippen LogP contribution in [0.25, 0.3) is 0 Å². The van der Waals surface area contributed by atoms with E-state index < -0.39 is 0 Å². The number of aryl methyl sites for hydroxylation is 2. The number of carbonyl (C=O) groups is 1. The van der Waals surface area contributed by atoms with Gasteiger partial charge in [0.1, 0.15) is 0 Å². The molecular formula is C20H25N3O2. The van der Waals surface area contributed by atoms with Gasteiger partial charge >= 0.3 is 0 Å². The molecule has 0 saturated carbocycles. The fourth-order valence-electron chi connectivity index (χ4n) is 3.10. The summed E-state index contributed by atoms with van der Waals surface area (Å²) < 4.78 is 5.70. The maximum absolute atomic E-state index is 12.6. The van der Waals surface area contributed by atoms with Crippen LogP contribution in [0.15, 0.2) is 42.7 Å². The van der Waals surface area contributed by atoms with E-state index >= 15 is 0 Å². The fourth-order valence-corrected chi connectivity index (χ4v) is 3.10. The Bertz CT molecular complexity index is 673. The van der Waals surface area contributed by atoms with Crippen LogP contribution in [0.1, 0.15) is 23.4 Å². The van der Waals surface area contributed by atoms with Gasteiger partial charge in [0.2, 0.25) is 5.91 Å². The predicted molar refractivity (Wildman–Crippen MR) is 96.1 cm³/mol. The molecule has 3 rings (SSSR count). The zero-order chi connectivity index (χ0) is 17.5. The van der Waals surface area contributed by atoms with Crippen LogP contribution in [0.3, 0.4) is 0 Å². The topological polar surface area (TPSA) is 55.3 Å². The number of aromatic nitrogens is 2. The van der Waals surface area contributed by atoms with Crippen molar-refractivity contribution in [1.29, 1.82) is 0 Å². The highest BCUT2D eigenvalue weighted by Gasteiger charge is 2.23. The maximum Gasteiger partial charge on any atom is 0.222 e. The molecule has 2 heterocycles. The normalized spacial score (nSPS) is 18.0. The quantitative estimate of drug-likeness (QED) is 0.839. The third kappa shape index (κ3) is 5.36. The minimum Gasteiger partial charge on any atom is -0.379 e. The third-order valence-corrected chi connectivity index (χ3v) is 4.49. The number of carbonyl (C=O) groups excluding carboxylic acids is 1. The van der Waals surface area contributed by atoms with Gasteiger partial charge in [-0.25, -0.2) is 0 Å². The Hall–Kier alpha value is -2.27. The van der Waals surface area contributed by atoms with E-state index in [0.717, 1.165) is 30.8 Å². The van der Waals surface area contributed by atoms with Crippen molar-refractivity contribution in [2.75, 3.05) is 26.3 Å². The molecule has 5 heteroatoms. The second kappa shape index (κ2) is 8.72. The van der Waals surface area contributed by atoms with Gasteiger partial charge in [0, 0.05) is 37.8 Å². The average Bonchev–Trinajstić information content (AvgIpc) is 2.88. The Morgan fingerprint density at radius 1 is 1.24 bits per heavy atom. The van der Waals surface area contributed by atoms with Crippen LogP contribution < -0.4 is 0 Å². The number of amides is 1. The summed E-state index contributed by atoms with van der Waals surface area (Å²) in [6.07, 6.45) is 5.72. The first-order valence-corrected chi connectivity index (χ1v) is 8.87. The van der Waals surface area contributed by atoms with Gasteiger partial charge < -0.3 is 9.64 Å². The van der Waals surface area contributed by atoms with E-state index in [1.165, 1.54) is 5.56 Å². The number of benzene rings is 1. The Kier molecular flexibility index (Phi) is 6.12. The van der Waals surface area contributed by atoms with E-state index in [9.17, 15) is 4.79 Å². The number of hydrogen-bond donors (Lipinski definition) is 0. The molecule has 1 saturated heterocycles. The fraction of sp³-hybridized carbons (Fsp3) is 0.450. The molecule has 1 aliphatic heterocycles. The lowest BCUT2D eigenvalue weighted by Crippen LogP contribution is -2.36. The Labute approximate surface area is 149 Å². The highest BCUT2D eigenvalue weighted by atomic mass is 16.5. The van der Waals surface area contributed by atoms with Gasteiger partial charge in [0.05, 0.1) is 24.6 Å². The molecule has 0 spiro atoms. The second-order valence-electron chi connectivity index (χ2n) is 6.62. The first kappa shape index (κ1) is 17.5. The molecule has 1 atom stereocenters. The molecule has 0 radical (unpaired) electrons. The highest BCUT2D eigenvalue weighted by molar-refractivity contribution is 5.76. The zero-order valence-corrected chi connectivity index (χ0v) is 14.7. The van der Waals surface area contributed by atoms with Crippen LogP contribution in [0.5, 0.6) is 0 Å². The average molecular weight is 339 g/mol. The Morgan fingerprint density at radius 2 is 2.08 bits per heavy atom. The monoisotopic (exact) mass is 339 g/mol. The second-order valence-corrected chi connectivity index (χ2v) is 6.62. The van der Waals surface area contributed by atoms with Gasteiger partial charge in [0.25, 0.3) is 0 Å². The number of rotatable bonds is 5. The molecule has 1 amide bonds. The summed E-state index contributed by atoms with van der Waals surface area (Å²) in [5, 5.41) is 0. The van der Waals surface area contributed by atoms with Crippen molar-refractivity contribution >= 4 is 5.91 Å². The minimum absolute atomic E-state index is 0.203. The summed E-state index contributed by atoms with van der Waals surface area (Å²) in [5.41, 5.74) is 3.07. The van der Waals surface area contributed by atoms with Gasteiger partial charge in [-0.15, -0.1) is 0 Å². The highest BCUT2D eigenvalue weighted by Crippen LogP contribution is 2.14. The molecule has 1 aromatic carbocycles. The van der Waals surface area contributed by atoms with Crippen molar-refractivity contribution < 1.29 is 9.53 Å². The summed E-state index contributed by atoms with van der Waals surface area (Å²) in [6.45, 7) is 4.59. The standard InChI is InChI=1S/C20H25N3O2/c1-16-12-22-19(13-21-16)11-18-14-23(9-10-25-15-18)20(24)8-7-17-5-3-2-4-6-17/h2-6,12-13,18H,7-11,14-15H2,1H3. The van der Waals surface area contributed by atoms with Crippen LogP contribution in [0, 0.1) is 12.8 Å². The van der Waals surface area contributed by atoms with Crippen molar-refractivity contribution in [1.82, 2.24) is 14.9 Å². The van der Waals surface area contributed by atoms with Crippen LogP contribution >= 0.6 is 0 Å². The molecule has 2 aromatic rings. The lowest BCUT2D eigenvalue weighted by atomic mass is 10.0.